The molecule has 33 heavy (non-hydrogen) atoms. The molecule has 0 atom stereocenters. The number of amides is 2. The fourth-order valence-electron chi connectivity index (χ4n) is 3.12. The Morgan fingerprint density at radius 3 is 2.42 bits per heavy atom. The predicted molar refractivity (Wildman–Crippen MR) is 133 cm³/mol. The number of ether oxygens (including phenoxy) is 1. The van der Waals surface area contributed by atoms with E-state index in [1.165, 1.54) is 11.3 Å². The van der Waals surface area contributed by atoms with Crippen molar-refractivity contribution in [2.75, 3.05) is 5.32 Å². The maximum absolute atomic E-state index is 13.2. The fourth-order valence-corrected chi connectivity index (χ4v) is 3.78. The minimum absolute atomic E-state index is 0.137. The van der Waals surface area contributed by atoms with E-state index in [1.54, 1.807) is 36.4 Å². The summed E-state index contributed by atoms with van der Waals surface area (Å²) in [5.74, 6) is 0.345. The highest BCUT2D eigenvalue weighted by Gasteiger charge is 2.17. The van der Waals surface area contributed by atoms with Gasteiger partial charge in [-0.05, 0) is 60.8 Å². The average molecular weight is 455 g/mol. The van der Waals surface area contributed by atoms with Crippen LogP contribution < -0.4 is 15.4 Å². The Balaban J connectivity index is 1.58. The Hall–Kier alpha value is -4.16. The average Bonchev–Trinajstić information content (AvgIpc) is 3.34. The van der Waals surface area contributed by atoms with Crippen molar-refractivity contribution in [3.05, 3.63) is 118 Å². The van der Waals surface area contributed by atoms with Crippen molar-refractivity contribution in [3.63, 3.8) is 0 Å². The first-order valence-corrected chi connectivity index (χ1v) is 11.2. The van der Waals surface area contributed by atoms with Crippen LogP contribution in [0.5, 0.6) is 11.5 Å². The SMILES string of the molecule is Cc1cccc(C(=O)N/C(=C\c2cccs2)C(=O)Nc2ccccc2Oc2ccccc2)c1. The van der Waals surface area contributed by atoms with Gasteiger partial charge in [-0.25, -0.2) is 0 Å². The topological polar surface area (TPSA) is 67.4 Å². The first-order chi connectivity index (χ1) is 16.1. The Bertz CT molecular complexity index is 1280. The summed E-state index contributed by atoms with van der Waals surface area (Å²) < 4.78 is 5.94. The number of aryl methyl sites for hydroxylation is 1. The van der Waals surface area contributed by atoms with Crippen molar-refractivity contribution in [3.8, 4) is 11.5 Å². The number of carbonyl (C=O) groups is 2. The van der Waals surface area contributed by atoms with E-state index in [1.807, 2.05) is 73.0 Å². The van der Waals surface area contributed by atoms with Crippen LogP contribution in [0, 0.1) is 6.92 Å². The molecule has 0 aliphatic carbocycles. The third-order valence-electron chi connectivity index (χ3n) is 4.71. The maximum Gasteiger partial charge on any atom is 0.272 e. The second kappa shape index (κ2) is 10.4. The van der Waals surface area contributed by atoms with Crippen molar-refractivity contribution in [2.24, 2.45) is 0 Å². The molecule has 3 aromatic carbocycles. The summed E-state index contributed by atoms with van der Waals surface area (Å²) >= 11 is 1.47. The van der Waals surface area contributed by atoms with Crippen LogP contribution in [0.15, 0.2) is 102 Å². The standard InChI is InChI=1S/C27H22N2O3S/c1-19-9-7-10-20(17-19)26(30)29-24(18-22-13-8-16-33-22)27(31)28-23-14-5-6-15-25(23)32-21-11-3-2-4-12-21/h2-18H,1H3,(H,28,31)(H,29,30)/b24-18-. The number of benzene rings is 3. The molecule has 0 saturated carbocycles. The molecule has 0 bridgehead atoms. The molecule has 6 heteroatoms. The van der Waals surface area contributed by atoms with Crippen molar-refractivity contribution in [1.29, 1.82) is 0 Å². The molecule has 0 aliphatic rings. The van der Waals surface area contributed by atoms with E-state index in [2.05, 4.69) is 10.6 Å². The van der Waals surface area contributed by atoms with Gasteiger partial charge in [-0.15, -0.1) is 11.3 Å². The zero-order valence-corrected chi connectivity index (χ0v) is 18.8. The van der Waals surface area contributed by atoms with Crippen LogP contribution in [0.4, 0.5) is 5.69 Å². The maximum atomic E-state index is 13.2. The van der Waals surface area contributed by atoms with Gasteiger partial charge in [0, 0.05) is 10.4 Å². The largest absolute Gasteiger partial charge is 0.455 e. The highest BCUT2D eigenvalue weighted by atomic mass is 32.1. The van der Waals surface area contributed by atoms with Crippen LogP contribution in [0.2, 0.25) is 0 Å². The molecule has 5 nitrogen and oxygen atoms in total. The van der Waals surface area contributed by atoms with Crippen LogP contribution in [0.25, 0.3) is 6.08 Å². The van der Waals surface area contributed by atoms with Crippen LogP contribution in [0.1, 0.15) is 20.8 Å². The fraction of sp³-hybridized carbons (Fsp3) is 0.0370. The summed E-state index contributed by atoms with van der Waals surface area (Å²) in [4.78, 5) is 26.9. The van der Waals surface area contributed by atoms with Crippen LogP contribution in [-0.2, 0) is 4.79 Å². The molecule has 0 unspecified atom stereocenters. The van der Waals surface area contributed by atoms with E-state index in [4.69, 9.17) is 4.74 Å². The number of para-hydroxylation sites is 3. The lowest BCUT2D eigenvalue weighted by atomic mass is 10.1. The summed E-state index contributed by atoms with van der Waals surface area (Å²) in [5.41, 5.74) is 2.07. The molecule has 0 aliphatic heterocycles. The van der Waals surface area contributed by atoms with E-state index in [9.17, 15) is 9.59 Å². The summed E-state index contributed by atoms with van der Waals surface area (Å²) in [6, 6.07) is 27.5. The van der Waals surface area contributed by atoms with Crippen molar-refractivity contribution in [2.45, 2.75) is 6.92 Å². The second-order valence-corrected chi connectivity index (χ2v) is 8.24. The first-order valence-electron chi connectivity index (χ1n) is 10.3. The molecule has 1 aromatic heterocycles. The number of rotatable bonds is 7. The van der Waals surface area contributed by atoms with Crippen molar-refractivity contribution >= 4 is 34.9 Å². The third kappa shape index (κ3) is 5.96. The van der Waals surface area contributed by atoms with Gasteiger partial charge in [0.05, 0.1) is 5.69 Å². The van der Waals surface area contributed by atoms with Crippen molar-refractivity contribution in [1.82, 2.24) is 5.32 Å². The monoisotopic (exact) mass is 454 g/mol. The lowest BCUT2D eigenvalue weighted by Crippen LogP contribution is -2.30. The Morgan fingerprint density at radius 1 is 0.879 bits per heavy atom. The van der Waals surface area contributed by atoms with E-state index in [0.29, 0.717) is 22.7 Å². The van der Waals surface area contributed by atoms with Gasteiger partial charge in [-0.1, -0.05) is 54.1 Å². The summed E-state index contributed by atoms with van der Waals surface area (Å²) in [6.45, 7) is 1.91. The molecule has 0 fully saturated rings. The minimum atomic E-state index is -0.450. The molecule has 4 aromatic rings. The quantitative estimate of drug-likeness (QED) is 0.324. The highest BCUT2D eigenvalue weighted by molar-refractivity contribution is 7.10. The van der Waals surface area contributed by atoms with Gasteiger partial charge in [-0.2, -0.15) is 0 Å². The van der Waals surface area contributed by atoms with Gasteiger partial charge in [0.15, 0.2) is 5.75 Å². The van der Waals surface area contributed by atoms with Gasteiger partial charge in [0.2, 0.25) is 0 Å². The predicted octanol–water partition coefficient (Wildman–Crippen LogP) is 6.26. The zero-order chi connectivity index (χ0) is 23.0. The lowest BCUT2D eigenvalue weighted by Gasteiger charge is -2.14. The second-order valence-electron chi connectivity index (χ2n) is 7.26. The Kier molecular flexibility index (Phi) is 6.97. The summed E-state index contributed by atoms with van der Waals surface area (Å²) in [6.07, 6.45) is 1.66. The third-order valence-corrected chi connectivity index (χ3v) is 5.53. The first kappa shape index (κ1) is 22.0. The van der Waals surface area contributed by atoms with Gasteiger partial charge in [-0.3, -0.25) is 9.59 Å². The molecular formula is C27H22N2O3S. The van der Waals surface area contributed by atoms with Crippen LogP contribution >= 0.6 is 11.3 Å². The van der Waals surface area contributed by atoms with E-state index >= 15 is 0 Å². The molecule has 164 valence electrons. The lowest BCUT2D eigenvalue weighted by molar-refractivity contribution is -0.113. The van der Waals surface area contributed by atoms with Crippen molar-refractivity contribution < 1.29 is 14.3 Å². The van der Waals surface area contributed by atoms with Crippen LogP contribution in [0.3, 0.4) is 0 Å². The number of nitrogens with one attached hydrogen (secondary N) is 2. The van der Waals surface area contributed by atoms with E-state index in [0.717, 1.165) is 10.4 Å². The van der Waals surface area contributed by atoms with Gasteiger partial charge in [0.25, 0.3) is 11.8 Å². The van der Waals surface area contributed by atoms with E-state index in [-0.39, 0.29) is 11.6 Å². The Morgan fingerprint density at radius 2 is 1.67 bits per heavy atom. The molecule has 0 radical (unpaired) electrons. The number of hydrogen-bond acceptors (Lipinski definition) is 4. The molecule has 1 heterocycles. The van der Waals surface area contributed by atoms with Crippen LogP contribution in [-0.4, -0.2) is 11.8 Å². The number of anilines is 1. The number of carbonyl (C=O) groups excluding carboxylic acids is 2. The number of hydrogen-bond donors (Lipinski definition) is 2. The molecular weight excluding hydrogens is 432 g/mol. The molecule has 4 rings (SSSR count). The summed E-state index contributed by atoms with van der Waals surface area (Å²) in [5, 5.41) is 7.54. The van der Waals surface area contributed by atoms with E-state index < -0.39 is 5.91 Å². The summed E-state index contributed by atoms with van der Waals surface area (Å²) in [7, 11) is 0. The molecule has 2 N–H and O–H groups in total. The van der Waals surface area contributed by atoms with Gasteiger partial charge < -0.3 is 15.4 Å². The normalized spacial score (nSPS) is 11.0. The smallest absolute Gasteiger partial charge is 0.272 e. The highest BCUT2D eigenvalue weighted by Crippen LogP contribution is 2.29. The minimum Gasteiger partial charge on any atom is -0.455 e. The zero-order valence-electron chi connectivity index (χ0n) is 17.9. The molecule has 2 amide bonds. The number of thiophene rings is 1. The molecule has 0 spiro atoms. The van der Waals surface area contributed by atoms with Gasteiger partial charge >= 0.3 is 0 Å². The van der Waals surface area contributed by atoms with Gasteiger partial charge in [0.1, 0.15) is 11.4 Å². The Labute approximate surface area is 196 Å². The molecule has 0 saturated heterocycles.